The molecule has 0 spiro atoms. The van der Waals surface area contributed by atoms with E-state index in [2.05, 4.69) is 5.32 Å². The summed E-state index contributed by atoms with van der Waals surface area (Å²) in [5.74, 6) is -1.01. The van der Waals surface area contributed by atoms with Crippen molar-refractivity contribution in [3.05, 3.63) is 51.1 Å². The lowest BCUT2D eigenvalue weighted by Gasteiger charge is -2.07. The fourth-order valence-electron chi connectivity index (χ4n) is 3.49. The third kappa shape index (κ3) is 4.10. The minimum atomic E-state index is -0.552. The molecule has 0 bridgehead atoms. The van der Waals surface area contributed by atoms with Gasteiger partial charge in [0.15, 0.2) is 5.78 Å². The van der Waals surface area contributed by atoms with Gasteiger partial charge in [0, 0.05) is 10.9 Å². The second-order valence-electron chi connectivity index (χ2n) is 6.98. The molecule has 0 fully saturated rings. The van der Waals surface area contributed by atoms with Gasteiger partial charge in [0.05, 0.1) is 29.7 Å². The van der Waals surface area contributed by atoms with Crippen LogP contribution in [0.5, 0.6) is 0 Å². The number of rotatable bonds is 6. The van der Waals surface area contributed by atoms with Crippen LogP contribution >= 0.6 is 11.3 Å². The number of esters is 1. The molecule has 3 rings (SSSR count). The number of furan rings is 1. The van der Waals surface area contributed by atoms with Crippen molar-refractivity contribution in [3.8, 4) is 0 Å². The Morgan fingerprint density at radius 2 is 1.90 bits per heavy atom. The maximum atomic E-state index is 12.7. The Labute approximate surface area is 172 Å². The Hall–Kier alpha value is -2.93. The molecule has 152 valence electrons. The molecule has 0 saturated heterocycles. The largest absolute Gasteiger partial charge is 0.464 e. The number of carbonyl (C=O) groups is 3. The van der Waals surface area contributed by atoms with Crippen molar-refractivity contribution in [1.82, 2.24) is 0 Å². The van der Waals surface area contributed by atoms with Crippen LogP contribution in [0.2, 0.25) is 0 Å². The van der Waals surface area contributed by atoms with Crippen LogP contribution in [0.3, 0.4) is 0 Å². The van der Waals surface area contributed by atoms with E-state index in [1.54, 1.807) is 20.1 Å². The van der Waals surface area contributed by atoms with E-state index in [9.17, 15) is 14.4 Å². The molecule has 0 aliphatic rings. The van der Waals surface area contributed by atoms with E-state index in [1.165, 1.54) is 6.92 Å². The molecule has 0 aliphatic carbocycles. The maximum absolute atomic E-state index is 12.7. The normalized spacial score (nSPS) is 10.9. The molecule has 0 unspecified atom stereocenters. The van der Waals surface area contributed by atoms with E-state index in [0.717, 1.165) is 39.0 Å². The predicted molar refractivity (Wildman–Crippen MR) is 113 cm³/mol. The highest BCUT2D eigenvalue weighted by Gasteiger charge is 2.25. The molecular formula is C22H23NO5S. The number of hydrogen-bond acceptors (Lipinski definition) is 6. The zero-order chi connectivity index (χ0) is 21.3. The van der Waals surface area contributed by atoms with Crippen LogP contribution in [0.4, 0.5) is 5.00 Å². The number of Topliss-reactive ketones (excluding diaryl/α,β-unsaturated/α-hetero) is 1. The Bertz CT molecular complexity index is 1120. The molecule has 29 heavy (non-hydrogen) atoms. The second kappa shape index (κ2) is 8.21. The van der Waals surface area contributed by atoms with Crippen molar-refractivity contribution in [2.45, 2.75) is 41.0 Å². The highest BCUT2D eigenvalue weighted by molar-refractivity contribution is 7.18. The summed E-state index contributed by atoms with van der Waals surface area (Å²) in [5.41, 5.74) is 4.39. The SMILES string of the molecule is CCOC(=O)c1c(NC(=O)Cc2coc3cc(C)cc(C)c23)sc(C(C)=O)c1C. The number of benzene rings is 1. The van der Waals surface area contributed by atoms with E-state index >= 15 is 0 Å². The molecule has 6 nitrogen and oxygen atoms in total. The molecule has 1 amide bonds. The van der Waals surface area contributed by atoms with Gasteiger partial charge >= 0.3 is 5.97 Å². The third-order valence-corrected chi connectivity index (χ3v) is 5.95. The Morgan fingerprint density at radius 1 is 1.17 bits per heavy atom. The second-order valence-corrected chi connectivity index (χ2v) is 8.00. The zero-order valence-electron chi connectivity index (χ0n) is 17.1. The number of ketones is 1. The van der Waals surface area contributed by atoms with Gasteiger partial charge < -0.3 is 14.5 Å². The monoisotopic (exact) mass is 413 g/mol. The quantitative estimate of drug-likeness (QED) is 0.455. The summed E-state index contributed by atoms with van der Waals surface area (Å²) in [6, 6.07) is 3.98. The number of anilines is 1. The average molecular weight is 413 g/mol. The van der Waals surface area contributed by atoms with E-state index in [1.807, 2.05) is 26.0 Å². The van der Waals surface area contributed by atoms with Crippen LogP contribution in [0.25, 0.3) is 11.0 Å². The Morgan fingerprint density at radius 3 is 2.55 bits per heavy atom. The number of aryl methyl sites for hydroxylation is 2. The van der Waals surface area contributed by atoms with Crippen molar-refractivity contribution >= 4 is 45.0 Å². The van der Waals surface area contributed by atoms with E-state index in [0.29, 0.717) is 15.4 Å². The van der Waals surface area contributed by atoms with Crippen LogP contribution in [-0.2, 0) is 16.0 Å². The number of carbonyl (C=O) groups excluding carboxylic acids is 3. The summed E-state index contributed by atoms with van der Waals surface area (Å²) >= 11 is 1.09. The van der Waals surface area contributed by atoms with Crippen LogP contribution in [0.15, 0.2) is 22.8 Å². The molecular weight excluding hydrogens is 390 g/mol. The minimum Gasteiger partial charge on any atom is -0.464 e. The number of thiophene rings is 1. The van der Waals surface area contributed by atoms with Crippen molar-refractivity contribution in [2.75, 3.05) is 11.9 Å². The molecule has 0 saturated carbocycles. The summed E-state index contributed by atoms with van der Waals surface area (Å²) in [6.07, 6.45) is 1.68. The smallest absolute Gasteiger partial charge is 0.341 e. The molecule has 0 atom stereocenters. The summed E-state index contributed by atoms with van der Waals surface area (Å²) < 4.78 is 10.7. The van der Waals surface area contributed by atoms with Crippen molar-refractivity contribution in [1.29, 1.82) is 0 Å². The van der Waals surface area contributed by atoms with Gasteiger partial charge in [-0.3, -0.25) is 9.59 Å². The molecule has 2 aromatic heterocycles. The van der Waals surface area contributed by atoms with Crippen LogP contribution in [-0.4, -0.2) is 24.3 Å². The molecule has 1 N–H and O–H groups in total. The first-order valence-electron chi connectivity index (χ1n) is 9.31. The molecule has 0 aliphatic heterocycles. The van der Waals surface area contributed by atoms with Gasteiger partial charge in [-0.2, -0.15) is 0 Å². The molecule has 2 heterocycles. The molecule has 1 aromatic carbocycles. The molecule has 0 radical (unpaired) electrons. The molecule has 7 heteroatoms. The van der Waals surface area contributed by atoms with E-state index in [4.69, 9.17) is 9.15 Å². The zero-order valence-corrected chi connectivity index (χ0v) is 17.9. The summed E-state index contributed by atoms with van der Waals surface area (Å²) in [5, 5.41) is 4.03. The van der Waals surface area contributed by atoms with Gasteiger partial charge in [0.2, 0.25) is 5.91 Å². The van der Waals surface area contributed by atoms with Crippen molar-refractivity contribution in [3.63, 3.8) is 0 Å². The maximum Gasteiger partial charge on any atom is 0.341 e. The highest BCUT2D eigenvalue weighted by atomic mass is 32.1. The molecule has 3 aromatic rings. The lowest BCUT2D eigenvalue weighted by atomic mass is 10.0. The number of ether oxygens (including phenoxy) is 1. The summed E-state index contributed by atoms with van der Waals surface area (Å²) in [6.45, 7) is 9.00. The first kappa shape index (κ1) is 20.8. The van der Waals surface area contributed by atoms with Gasteiger partial charge in [-0.1, -0.05) is 6.07 Å². The summed E-state index contributed by atoms with van der Waals surface area (Å²) in [4.78, 5) is 37.5. The fourth-order valence-corrected chi connectivity index (χ4v) is 4.59. The van der Waals surface area contributed by atoms with Crippen molar-refractivity contribution in [2.24, 2.45) is 0 Å². The number of nitrogens with one attached hydrogen (secondary N) is 1. The minimum absolute atomic E-state index is 0.0888. The lowest BCUT2D eigenvalue weighted by molar-refractivity contribution is -0.115. The van der Waals surface area contributed by atoms with Gasteiger partial charge in [0.25, 0.3) is 0 Å². The van der Waals surface area contributed by atoms with Gasteiger partial charge in [-0.05, 0) is 57.4 Å². The highest BCUT2D eigenvalue weighted by Crippen LogP contribution is 2.34. The van der Waals surface area contributed by atoms with Crippen LogP contribution in [0.1, 0.15) is 56.1 Å². The third-order valence-electron chi connectivity index (χ3n) is 4.64. The van der Waals surface area contributed by atoms with Gasteiger partial charge in [-0.15, -0.1) is 11.3 Å². The first-order valence-corrected chi connectivity index (χ1v) is 10.1. The number of amides is 1. The first-order chi connectivity index (χ1) is 13.7. The average Bonchev–Trinajstić information content (AvgIpc) is 3.16. The number of fused-ring (bicyclic) bond motifs is 1. The Kier molecular flexibility index (Phi) is 5.88. The topological polar surface area (TPSA) is 85.6 Å². The Balaban J connectivity index is 1.90. The van der Waals surface area contributed by atoms with Crippen LogP contribution in [0, 0.1) is 20.8 Å². The lowest BCUT2D eigenvalue weighted by Crippen LogP contribution is -2.16. The van der Waals surface area contributed by atoms with E-state index < -0.39 is 5.97 Å². The summed E-state index contributed by atoms with van der Waals surface area (Å²) in [7, 11) is 0. The predicted octanol–water partition coefficient (Wildman–Crippen LogP) is 4.98. The van der Waals surface area contributed by atoms with Crippen LogP contribution < -0.4 is 5.32 Å². The van der Waals surface area contributed by atoms with Gasteiger partial charge in [0.1, 0.15) is 10.6 Å². The van der Waals surface area contributed by atoms with Gasteiger partial charge in [-0.25, -0.2) is 4.79 Å². The number of hydrogen-bond donors (Lipinski definition) is 1. The van der Waals surface area contributed by atoms with Crippen molar-refractivity contribution < 1.29 is 23.5 Å². The fraction of sp³-hybridized carbons (Fsp3) is 0.318. The standard InChI is InChI=1S/C22H23NO5S/c1-6-27-22(26)19-13(4)20(14(5)24)29-21(19)23-17(25)9-15-10-28-16-8-11(2)7-12(3)18(15)16/h7-8,10H,6,9H2,1-5H3,(H,23,25). The van der Waals surface area contributed by atoms with E-state index in [-0.39, 0.29) is 30.3 Å².